The van der Waals surface area contributed by atoms with Gasteiger partial charge in [0.05, 0.1) is 6.42 Å². The first-order valence-electron chi connectivity index (χ1n) is 8.30. The molecule has 1 aromatic carbocycles. The lowest BCUT2D eigenvalue weighted by molar-refractivity contribution is -0.120. The molecule has 3 rings (SSSR count). The lowest BCUT2D eigenvalue weighted by atomic mass is 10.2. The predicted molar refractivity (Wildman–Crippen MR) is 99.3 cm³/mol. The molecule has 0 bridgehead atoms. The summed E-state index contributed by atoms with van der Waals surface area (Å²) < 4.78 is 0. The number of rotatable bonds is 6. The Morgan fingerprint density at radius 1 is 1.04 bits per heavy atom. The molecule has 4 nitrogen and oxygen atoms in total. The predicted octanol–water partition coefficient (Wildman–Crippen LogP) is 3.21. The molecule has 0 fully saturated rings. The first-order chi connectivity index (χ1) is 12.3. The third kappa shape index (κ3) is 5.46. The van der Waals surface area contributed by atoms with E-state index in [2.05, 4.69) is 27.3 Å². The Morgan fingerprint density at radius 3 is 2.68 bits per heavy atom. The van der Waals surface area contributed by atoms with E-state index in [-0.39, 0.29) is 5.91 Å². The van der Waals surface area contributed by atoms with E-state index in [0.29, 0.717) is 13.0 Å². The average Bonchev–Trinajstić information content (AvgIpc) is 2.87. The minimum atomic E-state index is -0.00308. The summed E-state index contributed by atoms with van der Waals surface area (Å²) in [6.45, 7) is 1.33. The maximum absolute atomic E-state index is 12.0. The fourth-order valence-corrected chi connectivity index (χ4v) is 2.54. The lowest BCUT2D eigenvalue weighted by Gasteiger charge is -2.14. The molecular formula is C21H21N3O. The van der Waals surface area contributed by atoms with Crippen LogP contribution in [0.2, 0.25) is 0 Å². The quantitative estimate of drug-likeness (QED) is 0.884. The van der Waals surface area contributed by atoms with Gasteiger partial charge >= 0.3 is 0 Å². The highest BCUT2D eigenvalue weighted by Gasteiger charge is 2.05. The number of hydrogen-bond donors (Lipinski definition) is 1. The van der Waals surface area contributed by atoms with Crippen molar-refractivity contribution in [3.05, 3.63) is 102 Å². The number of benzene rings is 1. The summed E-state index contributed by atoms with van der Waals surface area (Å²) in [5, 5.41) is 2.95. The summed E-state index contributed by atoms with van der Waals surface area (Å²) >= 11 is 0. The lowest BCUT2D eigenvalue weighted by Crippen LogP contribution is -2.26. The van der Waals surface area contributed by atoms with Crippen molar-refractivity contribution in [2.24, 2.45) is 0 Å². The van der Waals surface area contributed by atoms with E-state index < -0.39 is 0 Å². The Kier molecular flexibility index (Phi) is 5.77. The third-order valence-corrected chi connectivity index (χ3v) is 3.85. The Morgan fingerprint density at radius 2 is 1.88 bits per heavy atom. The monoisotopic (exact) mass is 331 g/mol. The summed E-state index contributed by atoms with van der Waals surface area (Å²) in [6, 6.07) is 14.1. The number of pyridine rings is 1. The van der Waals surface area contributed by atoms with Crippen molar-refractivity contribution in [2.75, 3.05) is 6.54 Å². The topological polar surface area (TPSA) is 45.2 Å². The molecule has 1 amide bonds. The number of aromatic nitrogens is 1. The van der Waals surface area contributed by atoms with Crippen LogP contribution in [0.1, 0.15) is 11.1 Å². The molecule has 1 aromatic heterocycles. The molecule has 1 N–H and O–H groups in total. The number of carbonyl (C=O) groups is 1. The van der Waals surface area contributed by atoms with E-state index in [1.165, 1.54) is 5.56 Å². The van der Waals surface area contributed by atoms with E-state index in [1.807, 2.05) is 61.0 Å². The van der Waals surface area contributed by atoms with E-state index >= 15 is 0 Å². The smallest absolute Gasteiger partial charge is 0.224 e. The van der Waals surface area contributed by atoms with Gasteiger partial charge in [0, 0.05) is 37.9 Å². The summed E-state index contributed by atoms with van der Waals surface area (Å²) in [6.07, 6.45) is 13.9. The zero-order chi connectivity index (χ0) is 17.3. The standard InChI is InChI=1S/C21H21N3O/c25-21(14-20-8-4-11-22-15-20)23-16-18-9-5-12-24(13-10-18)17-19-6-2-1-3-7-19/h1-13,15H,14,16-17H2,(H,23,25). The van der Waals surface area contributed by atoms with Crippen molar-refractivity contribution in [3.63, 3.8) is 0 Å². The highest BCUT2D eigenvalue weighted by atomic mass is 16.1. The molecule has 0 radical (unpaired) electrons. The van der Waals surface area contributed by atoms with Gasteiger partial charge in [-0.15, -0.1) is 0 Å². The molecule has 0 unspecified atom stereocenters. The van der Waals surface area contributed by atoms with Crippen molar-refractivity contribution in [1.82, 2.24) is 15.2 Å². The molecular weight excluding hydrogens is 310 g/mol. The molecule has 0 aliphatic carbocycles. The average molecular weight is 331 g/mol. The zero-order valence-corrected chi connectivity index (χ0v) is 14.0. The second kappa shape index (κ2) is 8.64. The number of allylic oxidation sites excluding steroid dienone is 2. The zero-order valence-electron chi connectivity index (χ0n) is 14.0. The van der Waals surface area contributed by atoms with Crippen LogP contribution < -0.4 is 5.32 Å². The summed E-state index contributed by atoms with van der Waals surface area (Å²) in [4.78, 5) is 18.2. The van der Waals surface area contributed by atoms with Crippen LogP contribution >= 0.6 is 0 Å². The molecule has 126 valence electrons. The van der Waals surface area contributed by atoms with Crippen LogP contribution in [-0.2, 0) is 17.8 Å². The van der Waals surface area contributed by atoms with Gasteiger partial charge in [-0.1, -0.05) is 42.5 Å². The van der Waals surface area contributed by atoms with Crippen LogP contribution in [0.5, 0.6) is 0 Å². The summed E-state index contributed by atoms with van der Waals surface area (Å²) in [5.74, 6) is -0.00308. The second-order valence-corrected chi connectivity index (χ2v) is 5.87. The van der Waals surface area contributed by atoms with Crippen LogP contribution in [0.4, 0.5) is 0 Å². The maximum atomic E-state index is 12.0. The Labute approximate surface area is 148 Å². The minimum Gasteiger partial charge on any atom is -0.352 e. The Balaban J connectivity index is 1.49. The van der Waals surface area contributed by atoms with Crippen molar-refractivity contribution in [3.8, 4) is 0 Å². The fourth-order valence-electron chi connectivity index (χ4n) is 2.54. The molecule has 1 aliphatic heterocycles. The fraction of sp³-hybridized carbons (Fsp3) is 0.143. The van der Waals surface area contributed by atoms with Gasteiger partial charge in [-0.05, 0) is 34.9 Å². The van der Waals surface area contributed by atoms with Crippen molar-refractivity contribution in [2.45, 2.75) is 13.0 Å². The molecule has 0 spiro atoms. The van der Waals surface area contributed by atoms with Crippen LogP contribution in [0, 0.1) is 0 Å². The van der Waals surface area contributed by atoms with Crippen LogP contribution in [0.3, 0.4) is 0 Å². The van der Waals surface area contributed by atoms with Crippen LogP contribution in [0.15, 0.2) is 91.1 Å². The highest BCUT2D eigenvalue weighted by molar-refractivity contribution is 5.78. The van der Waals surface area contributed by atoms with Gasteiger partial charge in [0.25, 0.3) is 0 Å². The highest BCUT2D eigenvalue weighted by Crippen LogP contribution is 2.10. The Hall–Kier alpha value is -3.14. The van der Waals surface area contributed by atoms with Crippen LogP contribution in [-0.4, -0.2) is 22.3 Å². The first kappa shape index (κ1) is 16.7. The third-order valence-electron chi connectivity index (χ3n) is 3.85. The minimum absolute atomic E-state index is 0.00308. The number of nitrogens with zero attached hydrogens (tertiary/aromatic N) is 2. The van der Waals surface area contributed by atoms with Crippen LogP contribution in [0.25, 0.3) is 0 Å². The molecule has 0 saturated heterocycles. The van der Waals surface area contributed by atoms with Crippen molar-refractivity contribution >= 4 is 5.91 Å². The van der Waals surface area contributed by atoms with Gasteiger partial charge in [-0.25, -0.2) is 0 Å². The number of amides is 1. The van der Waals surface area contributed by atoms with Gasteiger partial charge in [-0.2, -0.15) is 0 Å². The van der Waals surface area contributed by atoms with Crippen molar-refractivity contribution < 1.29 is 4.79 Å². The van der Waals surface area contributed by atoms with Gasteiger partial charge < -0.3 is 10.2 Å². The summed E-state index contributed by atoms with van der Waals surface area (Å²) in [5.41, 5.74) is 3.23. The van der Waals surface area contributed by atoms with Gasteiger partial charge in [0.1, 0.15) is 0 Å². The number of nitrogens with one attached hydrogen (secondary N) is 1. The molecule has 2 heterocycles. The maximum Gasteiger partial charge on any atom is 0.224 e. The molecule has 0 atom stereocenters. The largest absolute Gasteiger partial charge is 0.352 e. The van der Waals surface area contributed by atoms with Gasteiger partial charge in [0.15, 0.2) is 0 Å². The van der Waals surface area contributed by atoms with Crippen molar-refractivity contribution in [1.29, 1.82) is 0 Å². The molecule has 25 heavy (non-hydrogen) atoms. The molecule has 2 aromatic rings. The van der Waals surface area contributed by atoms with E-state index in [4.69, 9.17) is 0 Å². The second-order valence-electron chi connectivity index (χ2n) is 5.87. The van der Waals surface area contributed by atoms with Gasteiger partial charge in [0.2, 0.25) is 5.91 Å². The van der Waals surface area contributed by atoms with E-state index in [1.54, 1.807) is 12.4 Å². The molecule has 1 aliphatic rings. The van der Waals surface area contributed by atoms with E-state index in [0.717, 1.165) is 17.7 Å². The first-order valence-corrected chi connectivity index (χ1v) is 8.30. The molecule has 4 heteroatoms. The normalized spacial score (nSPS) is 13.3. The van der Waals surface area contributed by atoms with Gasteiger partial charge in [-0.3, -0.25) is 9.78 Å². The number of carbonyl (C=O) groups excluding carboxylic acids is 1. The number of hydrogen-bond acceptors (Lipinski definition) is 3. The SMILES string of the molecule is O=C(Cc1cccnc1)NCC1=CC=CN(Cc2ccccc2)C=C1. The molecule has 0 saturated carbocycles. The Bertz CT molecular complexity index is 779. The summed E-state index contributed by atoms with van der Waals surface area (Å²) in [7, 11) is 0. The van der Waals surface area contributed by atoms with E-state index in [9.17, 15) is 4.79 Å².